The lowest BCUT2D eigenvalue weighted by atomic mass is 10.0. The predicted octanol–water partition coefficient (Wildman–Crippen LogP) is 3.86. The molecule has 1 atom stereocenters. The van der Waals surface area contributed by atoms with Crippen molar-refractivity contribution in [3.05, 3.63) is 53.6 Å². The zero-order valence-electron chi connectivity index (χ0n) is 10.6. The Balaban J connectivity index is 2.41. The Kier molecular flexibility index (Phi) is 4.47. The van der Waals surface area contributed by atoms with Gasteiger partial charge in [-0.15, -0.1) is 0 Å². The van der Waals surface area contributed by atoms with Crippen LogP contribution in [-0.2, 0) is 17.4 Å². The van der Waals surface area contributed by atoms with Crippen LogP contribution in [0, 0.1) is 11.6 Å². The van der Waals surface area contributed by atoms with E-state index in [-0.39, 0.29) is 11.1 Å². The van der Waals surface area contributed by atoms with Crippen LogP contribution in [-0.4, -0.2) is 8.76 Å². The molecule has 0 aliphatic rings. The average molecular weight is 336 g/mol. The number of hydrogen-bond donors (Lipinski definition) is 1. The minimum absolute atomic E-state index is 0.0270. The molecule has 0 aliphatic carbocycles. The normalized spacial score (nSPS) is 13.0. The van der Waals surface area contributed by atoms with Crippen LogP contribution >= 0.6 is 0 Å². The number of halogens is 5. The average Bonchev–Trinajstić information content (AvgIpc) is 2.41. The second-order valence-corrected chi connectivity index (χ2v) is 4.90. The summed E-state index contributed by atoms with van der Waals surface area (Å²) in [5.74, 6) is -2.03. The highest BCUT2D eigenvalue weighted by molar-refractivity contribution is 7.80. The van der Waals surface area contributed by atoms with E-state index in [1.165, 1.54) is 0 Å². The van der Waals surface area contributed by atoms with Crippen LogP contribution in [0.3, 0.4) is 0 Å². The molecule has 118 valence electrons. The lowest BCUT2D eigenvalue weighted by molar-refractivity contribution is -0.137. The third kappa shape index (κ3) is 3.60. The van der Waals surface area contributed by atoms with Gasteiger partial charge in [0.05, 0.1) is 11.3 Å². The number of hydrogen-bond acceptors (Lipinski definition) is 2. The van der Waals surface area contributed by atoms with E-state index in [2.05, 4.69) is 0 Å². The van der Waals surface area contributed by atoms with Crippen LogP contribution in [0.25, 0.3) is 11.1 Å². The Morgan fingerprint density at radius 2 is 1.59 bits per heavy atom. The summed E-state index contributed by atoms with van der Waals surface area (Å²) in [7, 11) is 0. The first-order valence-corrected chi connectivity index (χ1v) is 6.78. The number of benzene rings is 2. The Labute approximate surface area is 124 Å². The fourth-order valence-electron chi connectivity index (χ4n) is 1.77. The quantitative estimate of drug-likeness (QED) is 0.684. The molecule has 0 saturated carbocycles. The fraction of sp³-hybridized carbons (Fsp3) is 0.0769. The monoisotopic (exact) mass is 336 g/mol. The Hall–Kier alpha value is -2.00. The van der Waals surface area contributed by atoms with Crippen LogP contribution in [0.1, 0.15) is 5.56 Å². The first-order chi connectivity index (χ1) is 10.2. The molecule has 0 fully saturated rings. The van der Waals surface area contributed by atoms with E-state index in [4.69, 9.17) is 0 Å². The van der Waals surface area contributed by atoms with E-state index in [1.54, 1.807) is 4.72 Å². The van der Waals surface area contributed by atoms with Crippen LogP contribution in [0.15, 0.2) is 36.4 Å². The van der Waals surface area contributed by atoms with Crippen molar-refractivity contribution in [3.63, 3.8) is 0 Å². The van der Waals surface area contributed by atoms with E-state index >= 15 is 0 Å². The summed E-state index contributed by atoms with van der Waals surface area (Å²) < 4.78 is 87.3. The highest BCUT2D eigenvalue weighted by atomic mass is 32.2. The van der Waals surface area contributed by atoms with Crippen LogP contribution in [0.5, 0.6) is 0 Å². The maximum Gasteiger partial charge on any atom is 0.416 e. The first-order valence-electron chi connectivity index (χ1n) is 5.71. The molecule has 22 heavy (non-hydrogen) atoms. The Morgan fingerprint density at radius 1 is 1.00 bits per heavy atom. The maximum absolute atomic E-state index is 13.9. The van der Waals surface area contributed by atoms with E-state index in [0.717, 1.165) is 24.3 Å². The van der Waals surface area contributed by atoms with Crippen molar-refractivity contribution in [2.75, 3.05) is 4.72 Å². The fourth-order valence-corrected chi connectivity index (χ4v) is 2.11. The van der Waals surface area contributed by atoms with Crippen molar-refractivity contribution in [2.24, 2.45) is 0 Å². The molecule has 2 rings (SSSR count). The van der Waals surface area contributed by atoms with E-state index in [0.29, 0.717) is 12.1 Å². The van der Waals surface area contributed by atoms with Crippen LogP contribution in [0.2, 0.25) is 0 Å². The maximum atomic E-state index is 13.9. The summed E-state index contributed by atoms with van der Waals surface area (Å²) in [6.07, 6.45) is -4.53. The molecule has 1 N–H and O–H groups in total. The summed E-state index contributed by atoms with van der Waals surface area (Å²) in [5, 5.41) is 0. The van der Waals surface area contributed by atoms with Crippen molar-refractivity contribution in [3.8, 4) is 11.1 Å². The van der Waals surface area contributed by atoms with Crippen molar-refractivity contribution in [2.45, 2.75) is 6.18 Å². The SMILES string of the molecule is O=S([O-])Nc1cc(F)c(-c2ccc(C(F)(F)F)cc2)cc1F. The van der Waals surface area contributed by atoms with Gasteiger partial charge in [0.2, 0.25) is 0 Å². The van der Waals surface area contributed by atoms with E-state index in [1.807, 2.05) is 0 Å². The standard InChI is InChI=1S/C13H8F5NO2S/c14-10-6-12(19-22(20)21)11(15)5-9(10)7-1-3-8(4-2-7)13(16,17)18/h1-6,19H,(H,20,21)/p-1. The lowest BCUT2D eigenvalue weighted by Crippen LogP contribution is -2.05. The van der Waals surface area contributed by atoms with Crippen LogP contribution in [0.4, 0.5) is 27.6 Å². The topological polar surface area (TPSA) is 52.2 Å². The molecule has 0 amide bonds. The Morgan fingerprint density at radius 3 is 2.09 bits per heavy atom. The minimum Gasteiger partial charge on any atom is -0.755 e. The highest BCUT2D eigenvalue weighted by Gasteiger charge is 2.30. The zero-order valence-corrected chi connectivity index (χ0v) is 11.4. The predicted molar refractivity (Wildman–Crippen MR) is 69.3 cm³/mol. The Bertz CT molecular complexity index is 716. The smallest absolute Gasteiger partial charge is 0.416 e. The number of alkyl halides is 3. The molecular weight excluding hydrogens is 329 g/mol. The molecule has 0 aliphatic heterocycles. The van der Waals surface area contributed by atoms with Gasteiger partial charge in [-0.25, -0.2) is 8.78 Å². The van der Waals surface area contributed by atoms with Gasteiger partial charge in [-0.05, 0) is 23.8 Å². The van der Waals surface area contributed by atoms with Gasteiger partial charge in [-0.3, -0.25) is 4.21 Å². The van der Waals surface area contributed by atoms with Gasteiger partial charge in [0.25, 0.3) is 0 Å². The van der Waals surface area contributed by atoms with Crippen molar-refractivity contribution < 1.29 is 30.7 Å². The van der Waals surface area contributed by atoms with E-state index in [9.17, 15) is 30.7 Å². The molecule has 0 spiro atoms. The third-order valence-corrected chi connectivity index (χ3v) is 3.16. The minimum atomic E-state index is -4.53. The summed E-state index contributed by atoms with van der Waals surface area (Å²) in [4.78, 5) is 0. The molecule has 0 bridgehead atoms. The van der Waals surface area contributed by atoms with Gasteiger partial charge in [0, 0.05) is 22.9 Å². The van der Waals surface area contributed by atoms with E-state index < -0.39 is 40.3 Å². The lowest BCUT2D eigenvalue weighted by Gasteiger charge is -2.12. The third-order valence-electron chi connectivity index (χ3n) is 2.77. The first kappa shape index (κ1) is 16.4. The second kappa shape index (κ2) is 6.01. The molecule has 0 heterocycles. The molecule has 0 aromatic heterocycles. The molecule has 9 heteroatoms. The zero-order chi connectivity index (χ0) is 16.5. The van der Waals surface area contributed by atoms with Crippen molar-refractivity contribution >= 4 is 17.0 Å². The van der Waals surface area contributed by atoms with Gasteiger partial charge in [-0.2, -0.15) is 13.2 Å². The summed E-state index contributed by atoms with van der Waals surface area (Å²) in [6.45, 7) is 0. The van der Waals surface area contributed by atoms with Crippen molar-refractivity contribution in [1.29, 1.82) is 0 Å². The van der Waals surface area contributed by atoms with Crippen LogP contribution < -0.4 is 4.72 Å². The molecule has 1 unspecified atom stereocenters. The van der Waals surface area contributed by atoms with Crippen molar-refractivity contribution in [1.82, 2.24) is 0 Å². The van der Waals surface area contributed by atoms with Gasteiger partial charge in [-0.1, -0.05) is 12.1 Å². The number of anilines is 1. The summed E-state index contributed by atoms with van der Waals surface area (Å²) in [5.41, 5.74) is -1.77. The molecule has 0 saturated heterocycles. The molecule has 3 nitrogen and oxygen atoms in total. The molecule has 2 aromatic carbocycles. The summed E-state index contributed by atoms with van der Waals surface area (Å²) >= 11 is -2.83. The largest absolute Gasteiger partial charge is 0.755 e. The van der Waals surface area contributed by atoms with Gasteiger partial charge < -0.3 is 9.27 Å². The molecular formula is C13H7F5NO2S-. The highest BCUT2D eigenvalue weighted by Crippen LogP contribution is 2.32. The summed E-state index contributed by atoms with van der Waals surface area (Å²) in [6, 6.07) is 4.79. The molecule has 0 radical (unpaired) electrons. The second-order valence-electron chi connectivity index (χ2n) is 4.22. The van der Waals surface area contributed by atoms with Gasteiger partial charge >= 0.3 is 6.18 Å². The van der Waals surface area contributed by atoms with Gasteiger partial charge in [0.1, 0.15) is 11.6 Å². The number of rotatable bonds is 3. The van der Waals surface area contributed by atoms with Gasteiger partial charge in [0.15, 0.2) is 0 Å². The molecule has 2 aromatic rings. The number of nitrogens with one attached hydrogen (secondary N) is 1.